The van der Waals surface area contributed by atoms with Crippen LogP contribution in [-0.4, -0.2) is 40.9 Å². The summed E-state index contributed by atoms with van der Waals surface area (Å²) in [6.45, 7) is 8.63. The first-order valence-corrected chi connectivity index (χ1v) is 12.4. The molecule has 1 atom stereocenters. The van der Waals surface area contributed by atoms with Crippen molar-refractivity contribution in [1.82, 2.24) is 8.43 Å². The summed E-state index contributed by atoms with van der Waals surface area (Å²) in [5.41, 5.74) is 0. The van der Waals surface area contributed by atoms with Gasteiger partial charge >= 0.3 is 122 Å². The Balaban J connectivity index is 2.04. The second kappa shape index (κ2) is 9.54. The van der Waals surface area contributed by atoms with Crippen LogP contribution in [0.1, 0.15) is 46.0 Å². The summed E-state index contributed by atoms with van der Waals surface area (Å²) in [5.74, 6) is 1.90. The van der Waals surface area contributed by atoms with E-state index in [1.165, 1.54) is 56.2 Å². The SMILES string of the molecule is CCCC(C)CCI(C)NCC1CCN(C)CC1. The van der Waals surface area contributed by atoms with Crippen LogP contribution < -0.4 is 3.53 Å². The summed E-state index contributed by atoms with van der Waals surface area (Å²) in [5, 5.41) is 0. The van der Waals surface area contributed by atoms with Gasteiger partial charge in [-0.25, -0.2) is 0 Å². The molecule has 1 aliphatic rings. The predicted molar refractivity (Wildman–Crippen MR) is 91.7 cm³/mol. The van der Waals surface area contributed by atoms with E-state index in [1.54, 1.807) is 0 Å². The van der Waals surface area contributed by atoms with Crippen molar-refractivity contribution in [3.05, 3.63) is 0 Å². The Morgan fingerprint density at radius 2 is 1.94 bits per heavy atom. The van der Waals surface area contributed by atoms with E-state index in [0.29, 0.717) is 0 Å². The number of nitrogens with one attached hydrogen (secondary N) is 1. The minimum atomic E-state index is -0.804. The van der Waals surface area contributed by atoms with Gasteiger partial charge in [-0.15, -0.1) is 0 Å². The van der Waals surface area contributed by atoms with E-state index >= 15 is 0 Å². The van der Waals surface area contributed by atoms with Crippen molar-refractivity contribution >= 4 is 20.1 Å². The van der Waals surface area contributed by atoms with E-state index in [1.807, 2.05) is 0 Å². The van der Waals surface area contributed by atoms with Gasteiger partial charge in [-0.3, -0.25) is 0 Å². The molecule has 0 aromatic heterocycles. The van der Waals surface area contributed by atoms with Crippen LogP contribution in [-0.2, 0) is 0 Å². The van der Waals surface area contributed by atoms with Crippen LogP contribution >= 0.6 is 20.1 Å². The van der Waals surface area contributed by atoms with Crippen molar-refractivity contribution in [1.29, 1.82) is 0 Å². The summed E-state index contributed by atoms with van der Waals surface area (Å²) in [6, 6.07) is 0. The van der Waals surface area contributed by atoms with Crippen molar-refractivity contribution in [2.24, 2.45) is 11.8 Å². The standard InChI is InChI=1S/C15H33IN2/c1-5-6-14(2)7-10-16(3)17-13-15-8-11-18(4)12-9-15/h14-15,17H,5-13H2,1-4H3. The topological polar surface area (TPSA) is 15.3 Å². The Bertz CT molecular complexity index is 203. The number of nitrogens with zero attached hydrogens (tertiary/aromatic N) is 1. The molecular weight excluding hydrogens is 335 g/mol. The third-order valence-electron chi connectivity index (χ3n) is 4.10. The molecule has 3 heteroatoms. The average Bonchev–Trinajstić information content (AvgIpc) is 2.36. The Kier molecular flexibility index (Phi) is 8.85. The summed E-state index contributed by atoms with van der Waals surface area (Å²) in [6.07, 6.45) is 7.02. The molecule has 0 bridgehead atoms. The first-order chi connectivity index (χ1) is 8.61. The van der Waals surface area contributed by atoms with Crippen LogP contribution in [0.3, 0.4) is 0 Å². The quantitative estimate of drug-likeness (QED) is 0.398. The molecule has 1 rings (SSSR count). The molecule has 1 aliphatic heterocycles. The van der Waals surface area contributed by atoms with Gasteiger partial charge in [0, 0.05) is 0 Å². The molecule has 1 fully saturated rings. The number of hydrogen-bond acceptors (Lipinski definition) is 2. The van der Waals surface area contributed by atoms with Crippen LogP contribution in [0.15, 0.2) is 0 Å². The zero-order valence-corrected chi connectivity index (χ0v) is 15.0. The van der Waals surface area contributed by atoms with Gasteiger partial charge in [0.25, 0.3) is 0 Å². The molecule has 2 nitrogen and oxygen atoms in total. The molecule has 1 saturated heterocycles. The number of hydrogen-bond donors (Lipinski definition) is 1. The Morgan fingerprint density at radius 1 is 1.28 bits per heavy atom. The number of likely N-dealkylation sites (tertiary alicyclic amines) is 1. The van der Waals surface area contributed by atoms with Crippen molar-refractivity contribution < 1.29 is 0 Å². The summed E-state index contributed by atoms with van der Waals surface area (Å²) < 4.78 is 5.40. The molecule has 0 saturated carbocycles. The zero-order chi connectivity index (χ0) is 13.4. The molecule has 0 aromatic carbocycles. The van der Waals surface area contributed by atoms with Gasteiger partial charge in [-0.05, 0) is 0 Å². The van der Waals surface area contributed by atoms with E-state index < -0.39 is 20.1 Å². The predicted octanol–water partition coefficient (Wildman–Crippen LogP) is 3.80. The summed E-state index contributed by atoms with van der Waals surface area (Å²) >= 11 is -0.804. The molecule has 0 amide bonds. The third-order valence-corrected chi connectivity index (χ3v) is 8.08. The van der Waals surface area contributed by atoms with Crippen molar-refractivity contribution in [2.45, 2.75) is 46.0 Å². The van der Waals surface area contributed by atoms with E-state index in [9.17, 15) is 0 Å². The second-order valence-corrected chi connectivity index (χ2v) is 11.3. The fourth-order valence-corrected chi connectivity index (χ4v) is 6.31. The molecule has 18 heavy (non-hydrogen) atoms. The van der Waals surface area contributed by atoms with Gasteiger partial charge in [0.15, 0.2) is 0 Å². The number of piperidine rings is 1. The molecule has 110 valence electrons. The molecule has 0 radical (unpaired) electrons. The molecular formula is C15H33IN2. The van der Waals surface area contributed by atoms with Crippen molar-refractivity contribution in [3.8, 4) is 0 Å². The van der Waals surface area contributed by atoms with Gasteiger partial charge in [0.05, 0.1) is 0 Å². The normalized spacial score (nSPS) is 21.0. The fraction of sp³-hybridized carbons (Fsp3) is 1.00. The van der Waals surface area contributed by atoms with Gasteiger partial charge in [0.1, 0.15) is 0 Å². The van der Waals surface area contributed by atoms with Crippen LogP contribution in [0.25, 0.3) is 0 Å². The second-order valence-electron chi connectivity index (χ2n) is 6.05. The number of rotatable bonds is 8. The van der Waals surface area contributed by atoms with E-state index in [2.05, 4.69) is 34.3 Å². The minimum absolute atomic E-state index is 0.804. The first kappa shape index (κ1) is 16.7. The van der Waals surface area contributed by atoms with Gasteiger partial charge in [-0.1, -0.05) is 0 Å². The molecule has 0 aromatic rings. The van der Waals surface area contributed by atoms with Crippen LogP contribution in [0.5, 0.6) is 0 Å². The third kappa shape index (κ3) is 7.29. The summed E-state index contributed by atoms with van der Waals surface area (Å²) in [7, 11) is 2.25. The fourth-order valence-electron chi connectivity index (χ4n) is 2.56. The van der Waals surface area contributed by atoms with E-state index in [-0.39, 0.29) is 0 Å². The Morgan fingerprint density at radius 3 is 2.56 bits per heavy atom. The Labute approximate surface area is 122 Å². The molecule has 1 unspecified atom stereocenters. The molecule has 1 N–H and O–H groups in total. The number of alkyl halides is 2. The molecule has 1 heterocycles. The van der Waals surface area contributed by atoms with Gasteiger partial charge < -0.3 is 0 Å². The maximum atomic E-state index is 3.90. The monoisotopic (exact) mass is 368 g/mol. The van der Waals surface area contributed by atoms with Gasteiger partial charge in [0.2, 0.25) is 0 Å². The van der Waals surface area contributed by atoms with Crippen LogP contribution in [0.2, 0.25) is 0 Å². The van der Waals surface area contributed by atoms with Crippen molar-refractivity contribution in [3.63, 3.8) is 0 Å². The molecule has 0 spiro atoms. The van der Waals surface area contributed by atoms with E-state index in [4.69, 9.17) is 0 Å². The van der Waals surface area contributed by atoms with Crippen LogP contribution in [0, 0.1) is 11.8 Å². The number of halogens is 1. The summed E-state index contributed by atoms with van der Waals surface area (Å²) in [4.78, 5) is 4.97. The molecule has 0 aliphatic carbocycles. The Hall–Kier alpha value is 0.650. The first-order valence-electron chi connectivity index (χ1n) is 7.59. The van der Waals surface area contributed by atoms with Gasteiger partial charge in [-0.2, -0.15) is 0 Å². The van der Waals surface area contributed by atoms with Crippen LogP contribution in [0.4, 0.5) is 0 Å². The van der Waals surface area contributed by atoms with Crippen molar-refractivity contribution in [2.75, 3.05) is 36.0 Å². The average molecular weight is 368 g/mol. The zero-order valence-electron chi connectivity index (χ0n) is 12.8. The van der Waals surface area contributed by atoms with E-state index in [0.717, 1.165) is 11.8 Å². The maximum absolute atomic E-state index is 3.90.